The van der Waals surface area contributed by atoms with E-state index >= 15 is 0 Å². The Morgan fingerprint density at radius 1 is 1.11 bits per heavy atom. The van der Waals surface area contributed by atoms with Gasteiger partial charge in [0.2, 0.25) is 9.84 Å². The molecule has 27 heavy (non-hydrogen) atoms. The van der Waals surface area contributed by atoms with Crippen LogP contribution in [0.4, 0.5) is 0 Å². The molecule has 4 rings (SSSR count). The highest BCUT2D eigenvalue weighted by atomic mass is 79.9. The van der Waals surface area contributed by atoms with Gasteiger partial charge in [0.15, 0.2) is 0 Å². The number of methoxy groups -OCH3 is 1. The van der Waals surface area contributed by atoms with Crippen molar-refractivity contribution >= 4 is 48.0 Å². The Kier molecular flexibility index (Phi) is 4.71. The standard InChI is InChI=1S/C19H13BrN2O3S2/c1-25-15-8-7-13-17(27(23,24)12-5-3-2-4-6-12)9-14(16-10-21-11-26-16)22-19(13)18(15)20/h2-11H,1H3. The van der Waals surface area contributed by atoms with Crippen molar-refractivity contribution in [3.8, 4) is 16.3 Å². The summed E-state index contributed by atoms with van der Waals surface area (Å²) in [6.45, 7) is 0. The van der Waals surface area contributed by atoms with Gasteiger partial charge in [0.1, 0.15) is 5.75 Å². The number of fused-ring (bicyclic) bond motifs is 1. The molecular formula is C19H13BrN2O3S2. The minimum Gasteiger partial charge on any atom is -0.495 e. The van der Waals surface area contributed by atoms with Gasteiger partial charge in [0, 0.05) is 11.6 Å². The summed E-state index contributed by atoms with van der Waals surface area (Å²) in [6, 6.07) is 13.4. The van der Waals surface area contributed by atoms with Gasteiger partial charge in [-0.15, -0.1) is 11.3 Å². The molecule has 2 heterocycles. The van der Waals surface area contributed by atoms with Crippen LogP contribution in [-0.2, 0) is 9.84 Å². The molecule has 0 atom stereocenters. The van der Waals surface area contributed by atoms with Gasteiger partial charge in [-0.05, 0) is 46.3 Å². The Morgan fingerprint density at radius 2 is 1.89 bits per heavy atom. The topological polar surface area (TPSA) is 69.2 Å². The zero-order valence-electron chi connectivity index (χ0n) is 14.1. The molecule has 2 aromatic heterocycles. The fraction of sp³-hybridized carbons (Fsp3) is 0.0526. The van der Waals surface area contributed by atoms with Crippen molar-refractivity contribution in [3.63, 3.8) is 0 Å². The maximum Gasteiger partial charge on any atom is 0.207 e. The molecule has 0 aliphatic carbocycles. The summed E-state index contributed by atoms with van der Waals surface area (Å²) >= 11 is 4.90. The number of thiazole rings is 1. The molecule has 0 aliphatic heterocycles. The molecule has 0 radical (unpaired) electrons. The lowest BCUT2D eigenvalue weighted by Gasteiger charge is -2.13. The van der Waals surface area contributed by atoms with Crippen LogP contribution >= 0.6 is 27.3 Å². The second kappa shape index (κ2) is 7.03. The first-order valence-corrected chi connectivity index (χ1v) is 11.0. The Bertz CT molecular complexity index is 1230. The minimum atomic E-state index is -3.73. The third-order valence-electron chi connectivity index (χ3n) is 4.09. The number of pyridine rings is 1. The number of nitrogens with zero attached hydrogens (tertiary/aromatic N) is 2. The third-order valence-corrected chi connectivity index (χ3v) is 7.47. The molecule has 0 bridgehead atoms. The molecular weight excluding hydrogens is 448 g/mol. The molecule has 136 valence electrons. The highest BCUT2D eigenvalue weighted by Crippen LogP contribution is 2.38. The molecule has 8 heteroatoms. The van der Waals surface area contributed by atoms with Crippen LogP contribution in [0.3, 0.4) is 0 Å². The maximum atomic E-state index is 13.3. The van der Waals surface area contributed by atoms with E-state index in [1.165, 1.54) is 11.3 Å². The van der Waals surface area contributed by atoms with E-state index in [2.05, 4.69) is 25.9 Å². The van der Waals surface area contributed by atoms with Crippen molar-refractivity contribution in [2.75, 3.05) is 7.11 Å². The number of hydrogen-bond donors (Lipinski definition) is 0. The molecule has 2 aromatic carbocycles. The van der Waals surface area contributed by atoms with Crippen LogP contribution in [0.2, 0.25) is 0 Å². The smallest absolute Gasteiger partial charge is 0.207 e. The summed E-state index contributed by atoms with van der Waals surface area (Å²) < 4.78 is 32.7. The van der Waals surface area contributed by atoms with Crippen LogP contribution in [0.5, 0.6) is 5.75 Å². The van der Waals surface area contributed by atoms with Crippen molar-refractivity contribution in [1.82, 2.24) is 9.97 Å². The second-order valence-electron chi connectivity index (χ2n) is 5.67. The number of ether oxygens (including phenoxy) is 1. The van der Waals surface area contributed by atoms with Gasteiger partial charge >= 0.3 is 0 Å². The zero-order chi connectivity index (χ0) is 19.0. The maximum absolute atomic E-state index is 13.3. The van der Waals surface area contributed by atoms with E-state index in [-0.39, 0.29) is 9.79 Å². The number of hydrogen-bond acceptors (Lipinski definition) is 6. The number of rotatable bonds is 4. The van der Waals surface area contributed by atoms with Crippen LogP contribution in [-0.4, -0.2) is 25.5 Å². The predicted octanol–water partition coefficient (Wildman–Crippen LogP) is 4.96. The molecule has 0 aliphatic rings. The molecule has 0 fully saturated rings. The number of benzene rings is 2. The summed E-state index contributed by atoms with van der Waals surface area (Å²) in [5, 5.41) is 0.528. The summed E-state index contributed by atoms with van der Waals surface area (Å²) in [5.74, 6) is 0.583. The molecule has 0 unspecified atom stereocenters. The zero-order valence-corrected chi connectivity index (χ0v) is 17.3. The molecule has 0 N–H and O–H groups in total. The van der Waals surface area contributed by atoms with E-state index in [4.69, 9.17) is 4.74 Å². The molecule has 0 spiro atoms. The molecule has 0 saturated carbocycles. The van der Waals surface area contributed by atoms with Crippen molar-refractivity contribution in [3.05, 3.63) is 64.7 Å². The fourth-order valence-electron chi connectivity index (χ4n) is 2.78. The van der Waals surface area contributed by atoms with E-state index in [0.29, 0.717) is 26.8 Å². The molecule has 0 saturated heterocycles. The SMILES string of the molecule is COc1ccc2c(S(=O)(=O)c3ccccc3)cc(-c3cncs3)nc2c1Br. The lowest BCUT2D eigenvalue weighted by atomic mass is 10.2. The monoisotopic (exact) mass is 460 g/mol. The average Bonchev–Trinajstić information content (AvgIpc) is 3.23. The lowest BCUT2D eigenvalue weighted by molar-refractivity contribution is 0.413. The summed E-state index contributed by atoms with van der Waals surface area (Å²) in [6.07, 6.45) is 1.67. The van der Waals surface area contributed by atoms with Crippen LogP contribution < -0.4 is 4.74 Å². The molecule has 0 amide bonds. The number of aromatic nitrogens is 2. The average molecular weight is 461 g/mol. The van der Waals surface area contributed by atoms with E-state index in [1.54, 1.807) is 67.3 Å². The number of sulfone groups is 1. The normalized spacial score (nSPS) is 11.6. The number of halogens is 1. The third kappa shape index (κ3) is 3.13. The van der Waals surface area contributed by atoms with E-state index in [0.717, 1.165) is 4.88 Å². The van der Waals surface area contributed by atoms with E-state index in [1.807, 2.05) is 0 Å². The lowest BCUT2D eigenvalue weighted by Crippen LogP contribution is -2.04. The van der Waals surface area contributed by atoms with Crippen LogP contribution in [0.1, 0.15) is 0 Å². The minimum absolute atomic E-state index is 0.199. The van der Waals surface area contributed by atoms with Gasteiger partial charge in [-0.25, -0.2) is 13.4 Å². The summed E-state index contributed by atoms with van der Waals surface area (Å²) in [5.41, 5.74) is 2.76. The van der Waals surface area contributed by atoms with Gasteiger partial charge in [-0.2, -0.15) is 0 Å². The van der Waals surface area contributed by atoms with E-state index in [9.17, 15) is 8.42 Å². The highest BCUT2D eigenvalue weighted by molar-refractivity contribution is 9.10. The first-order chi connectivity index (χ1) is 13.0. The molecule has 4 aromatic rings. The first-order valence-electron chi connectivity index (χ1n) is 7.88. The Hall–Kier alpha value is -2.29. The Balaban J connectivity index is 2.09. The van der Waals surface area contributed by atoms with Gasteiger partial charge in [-0.3, -0.25) is 4.98 Å². The fourth-order valence-corrected chi connectivity index (χ4v) is 5.45. The van der Waals surface area contributed by atoms with Gasteiger partial charge in [0.25, 0.3) is 0 Å². The van der Waals surface area contributed by atoms with Gasteiger partial charge in [0.05, 0.1) is 43.0 Å². The predicted molar refractivity (Wildman–Crippen MR) is 109 cm³/mol. The van der Waals surface area contributed by atoms with Crippen molar-refractivity contribution in [1.29, 1.82) is 0 Å². The largest absolute Gasteiger partial charge is 0.495 e. The first kappa shape index (κ1) is 18.1. The van der Waals surface area contributed by atoms with Crippen LogP contribution in [0.15, 0.2) is 74.5 Å². The quantitative estimate of drug-likeness (QED) is 0.430. The second-order valence-corrected chi connectivity index (χ2v) is 9.26. The van der Waals surface area contributed by atoms with Crippen LogP contribution in [0, 0.1) is 0 Å². The van der Waals surface area contributed by atoms with E-state index < -0.39 is 9.84 Å². The van der Waals surface area contributed by atoms with Crippen molar-refractivity contribution in [2.45, 2.75) is 9.79 Å². The Labute approximate surface area is 168 Å². The van der Waals surface area contributed by atoms with Crippen molar-refractivity contribution in [2.24, 2.45) is 0 Å². The van der Waals surface area contributed by atoms with Gasteiger partial charge in [-0.1, -0.05) is 18.2 Å². The molecule has 5 nitrogen and oxygen atoms in total. The summed E-state index contributed by atoms with van der Waals surface area (Å²) in [7, 11) is -2.18. The van der Waals surface area contributed by atoms with Crippen LogP contribution in [0.25, 0.3) is 21.5 Å². The summed E-state index contributed by atoms with van der Waals surface area (Å²) in [4.78, 5) is 9.97. The highest BCUT2D eigenvalue weighted by Gasteiger charge is 2.24. The van der Waals surface area contributed by atoms with Gasteiger partial charge < -0.3 is 4.74 Å². The Morgan fingerprint density at radius 3 is 2.56 bits per heavy atom. The van der Waals surface area contributed by atoms with Crippen molar-refractivity contribution < 1.29 is 13.2 Å².